The maximum atomic E-state index is 9.39. The first-order chi connectivity index (χ1) is 6.45. The topological polar surface area (TPSA) is 35.5 Å². The third-order valence-electron chi connectivity index (χ3n) is 3.59. The molecule has 0 aromatic heterocycles. The van der Waals surface area contributed by atoms with E-state index in [9.17, 15) is 5.11 Å². The van der Waals surface area contributed by atoms with E-state index in [1.165, 1.54) is 0 Å². The molecule has 0 aromatic rings. The van der Waals surface area contributed by atoms with Crippen molar-refractivity contribution in [2.75, 3.05) is 20.1 Å². The Labute approximate surface area is 87.5 Å². The van der Waals surface area contributed by atoms with Crippen molar-refractivity contribution >= 4 is 0 Å². The van der Waals surface area contributed by atoms with E-state index in [-0.39, 0.29) is 11.6 Å². The Morgan fingerprint density at radius 2 is 2.14 bits per heavy atom. The van der Waals surface area contributed by atoms with Crippen molar-refractivity contribution in [1.29, 1.82) is 0 Å². The molecule has 1 fully saturated rings. The molecule has 0 aromatic carbocycles. The molecule has 1 rings (SSSR count). The van der Waals surface area contributed by atoms with Gasteiger partial charge in [-0.25, -0.2) is 0 Å². The molecule has 14 heavy (non-hydrogen) atoms. The van der Waals surface area contributed by atoms with Crippen molar-refractivity contribution in [2.24, 2.45) is 0 Å². The van der Waals surface area contributed by atoms with Crippen LogP contribution in [0.15, 0.2) is 0 Å². The minimum atomic E-state index is -0.141. The highest BCUT2D eigenvalue weighted by atomic mass is 16.3. The Morgan fingerprint density at radius 3 is 2.57 bits per heavy atom. The van der Waals surface area contributed by atoms with Crippen LogP contribution >= 0.6 is 0 Å². The highest BCUT2D eigenvalue weighted by Gasteiger charge is 2.27. The summed E-state index contributed by atoms with van der Waals surface area (Å²) in [4.78, 5) is 2.38. The number of β-amino-alcohol motifs (C(OH)–C–C–N with tert-alkyl or cyclic N) is 1. The number of likely N-dealkylation sites (N-methyl/N-ethyl adjacent to an activating group) is 1. The van der Waals surface area contributed by atoms with Gasteiger partial charge in [0.1, 0.15) is 0 Å². The summed E-state index contributed by atoms with van der Waals surface area (Å²) >= 11 is 0. The number of nitrogens with zero attached hydrogens (tertiary/aromatic N) is 1. The second-order valence-corrected chi connectivity index (χ2v) is 5.04. The van der Waals surface area contributed by atoms with Gasteiger partial charge in [0, 0.05) is 24.7 Å². The predicted molar refractivity (Wildman–Crippen MR) is 59.4 cm³/mol. The van der Waals surface area contributed by atoms with Crippen LogP contribution < -0.4 is 5.32 Å². The third kappa shape index (κ3) is 2.94. The predicted octanol–water partition coefficient (Wildman–Crippen LogP) is 0.830. The van der Waals surface area contributed by atoms with E-state index in [1.54, 1.807) is 0 Å². The Balaban J connectivity index is 2.37. The molecular weight excluding hydrogens is 176 g/mol. The summed E-state index contributed by atoms with van der Waals surface area (Å²) in [5, 5.41) is 12.7. The van der Waals surface area contributed by atoms with Crippen LogP contribution in [0.2, 0.25) is 0 Å². The van der Waals surface area contributed by atoms with Crippen LogP contribution in [0, 0.1) is 0 Å². The minimum absolute atomic E-state index is 0.141. The Kier molecular flexibility index (Phi) is 3.93. The number of nitrogens with one attached hydrogen (secondary N) is 1. The average molecular weight is 200 g/mol. The Hall–Kier alpha value is -0.120. The van der Waals surface area contributed by atoms with E-state index in [2.05, 4.69) is 38.0 Å². The van der Waals surface area contributed by atoms with Crippen LogP contribution in [-0.2, 0) is 0 Å². The second-order valence-electron chi connectivity index (χ2n) is 5.04. The van der Waals surface area contributed by atoms with E-state index in [4.69, 9.17) is 0 Å². The molecule has 0 saturated carbocycles. The van der Waals surface area contributed by atoms with Gasteiger partial charge in [0.05, 0.1) is 6.10 Å². The molecule has 0 bridgehead atoms. The standard InChI is InChI=1S/C11H24N2O/c1-5-11(2,3)13(4)8-9-6-10(14)7-12-9/h9-10,12,14H,5-8H2,1-4H3. The quantitative estimate of drug-likeness (QED) is 0.705. The highest BCUT2D eigenvalue weighted by Crippen LogP contribution is 2.18. The molecule has 84 valence electrons. The van der Waals surface area contributed by atoms with Gasteiger partial charge in [-0.2, -0.15) is 0 Å². The van der Waals surface area contributed by atoms with E-state index in [1.807, 2.05) is 0 Å². The summed E-state index contributed by atoms with van der Waals surface area (Å²) in [6.07, 6.45) is 1.90. The van der Waals surface area contributed by atoms with Crippen molar-refractivity contribution in [3.63, 3.8) is 0 Å². The molecule has 0 aliphatic carbocycles. The molecule has 3 nitrogen and oxygen atoms in total. The monoisotopic (exact) mass is 200 g/mol. The minimum Gasteiger partial charge on any atom is -0.392 e. The number of rotatable bonds is 4. The zero-order chi connectivity index (χ0) is 10.8. The first-order valence-electron chi connectivity index (χ1n) is 5.58. The van der Waals surface area contributed by atoms with Gasteiger partial charge in [0.25, 0.3) is 0 Å². The van der Waals surface area contributed by atoms with Crippen LogP contribution in [0.3, 0.4) is 0 Å². The van der Waals surface area contributed by atoms with E-state index in [0.29, 0.717) is 6.04 Å². The van der Waals surface area contributed by atoms with Gasteiger partial charge in [-0.15, -0.1) is 0 Å². The van der Waals surface area contributed by atoms with Crippen molar-refractivity contribution in [3.8, 4) is 0 Å². The lowest BCUT2D eigenvalue weighted by molar-refractivity contribution is 0.133. The molecule has 1 saturated heterocycles. The first-order valence-corrected chi connectivity index (χ1v) is 5.58. The zero-order valence-electron chi connectivity index (χ0n) is 9.88. The summed E-state index contributed by atoms with van der Waals surface area (Å²) < 4.78 is 0. The smallest absolute Gasteiger partial charge is 0.0680 e. The van der Waals surface area contributed by atoms with Gasteiger partial charge in [0.15, 0.2) is 0 Å². The van der Waals surface area contributed by atoms with Crippen molar-refractivity contribution in [1.82, 2.24) is 10.2 Å². The lowest BCUT2D eigenvalue weighted by Crippen LogP contribution is -2.46. The molecule has 2 unspecified atom stereocenters. The number of aliphatic hydroxyl groups is 1. The molecule has 0 amide bonds. The fourth-order valence-electron chi connectivity index (χ4n) is 1.78. The van der Waals surface area contributed by atoms with Gasteiger partial charge >= 0.3 is 0 Å². The molecule has 2 N–H and O–H groups in total. The van der Waals surface area contributed by atoms with Gasteiger partial charge in [-0.05, 0) is 33.7 Å². The second kappa shape index (κ2) is 4.60. The molecular formula is C11H24N2O. The van der Waals surface area contributed by atoms with Crippen LogP contribution in [0.5, 0.6) is 0 Å². The summed E-state index contributed by atoms with van der Waals surface area (Å²) in [6.45, 7) is 8.52. The lowest BCUT2D eigenvalue weighted by Gasteiger charge is -2.36. The lowest BCUT2D eigenvalue weighted by atomic mass is 9.99. The van der Waals surface area contributed by atoms with E-state index in [0.717, 1.165) is 25.9 Å². The van der Waals surface area contributed by atoms with Crippen molar-refractivity contribution in [3.05, 3.63) is 0 Å². The molecule has 0 radical (unpaired) electrons. The number of hydrogen-bond donors (Lipinski definition) is 2. The zero-order valence-corrected chi connectivity index (χ0v) is 9.88. The molecule has 1 aliphatic rings. The van der Waals surface area contributed by atoms with Crippen molar-refractivity contribution in [2.45, 2.75) is 51.3 Å². The maximum absolute atomic E-state index is 9.39. The molecule has 3 heteroatoms. The van der Waals surface area contributed by atoms with Gasteiger partial charge in [-0.3, -0.25) is 4.90 Å². The molecule has 1 heterocycles. The average Bonchev–Trinajstić information content (AvgIpc) is 2.51. The largest absolute Gasteiger partial charge is 0.392 e. The molecule has 0 spiro atoms. The van der Waals surface area contributed by atoms with Gasteiger partial charge in [-0.1, -0.05) is 6.92 Å². The fourth-order valence-corrected chi connectivity index (χ4v) is 1.78. The van der Waals surface area contributed by atoms with Crippen molar-refractivity contribution < 1.29 is 5.11 Å². The summed E-state index contributed by atoms with van der Waals surface area (Å²) in [5.74, 6) is 0. The highest BCUT2D eigenvalue weighted by molar-refractivity contribution is 4.86. The first kappa shape index (κ1) is 12.0. The van der Waals surface area contributed by atoms with Crippen LogP contribution in [0.1, 0.15) is 33.6 Å². The van der Waals surface area contributed by atoms with Crippen LogP contribution in [-0.4, -0.2) is 47.8 Å². The van der Waals surface area contributed by atoms with Gasteiger partial charge in [0.2, 0.25) is 0 Å². The molecule has 1 aliphatic heterocycles. The number of aliphatic hydroxyl groups excluding tert-OH is 1. The third-order valence-corrected chi connectivity index (χ3v) is 3.59. The summed E-state index contributed by atoms with van der Waals surface area (Å²) in [6, 6.07) is 0.459. The summed E-state index contributed by atoms with van der Waals surface area (Å²) in [7, 11) is 2.16. The Morgan fingerprint density at radius 1 is 1.50 bits per heavy atom. The fraction of sp³-hybridized carbons (Fsp3) is 1.00. The van der Waals surface area contributed by atoms with Gasteiger partial charge < -0.3 is 10.4 Å². The van der Waals surface area contributed by atoms with E-state index < -0.39 is 0 Å². The molecule has 2 atom stereocenters. The Bertz CT molecular complexity index is 182. The number of hydrogen-bond acceptors (Lipinski definition) is 3. The van der Waals surface area contributed by atoms with Crippen LogP contribution in [0.25, 0.3) is 0 Å². The van der Waals surface area contributed by atoms with Crippen LogP contribution in [0.4, 0.5) is 0 Å². The summed E-state index contributed by atoms with van der Waals surface area (Å²) in [5.41, 5.74) is 0.259. The normalized spacial score (nSPS) is 28.7. The SMILES string of the molecule is CCC(C)(C)N(C)CC1CC(O)CN1. The van der Waals surface area contributed by atoms with E-state index >= 15 is 0 Å². The maximum Gasteiger partial charge on any atom is 0.0680 e.